The van der Waals surface area contributed by atoms with E-state index < -0.39 is 0 Å². The van der Waals surface area contributed by atoms with E-state index in [1.54, 1.807) is 6.07 Å². The molecule has 0 fully saturated rings. The first-order valence-electron chi connectivity index (χ1n) is 6.13. The molecule has 1 aromatic heterocycles. The molecule has 5 nitrogen and oxygen atoms in total. The van der Waals surface area contributed by atoms with Crippen LogP contribution in [-0.2, 0) is 4.74 Å². The van der Waals surface area contributed by atoms with Crippen LogP contribution in [0.3, 0.4) is 0 Å². The van der Waals surface area contributed by atoms with E-state index in [1.807, 2.05) is 6.92 Å². The van der Waals surface area contributed by atoms with Gasteiger partial charge in [0, 0.05) is 19.2 Å². The molecule has 1 N–H and O–H groups in total. The normalized spacial score (nSPS) is 10.2. The van der Waals surface area contributed by atoms with Gasteiger partial charge >= 0.3 is 0 Å². The Kier molecular flexibility index (Phi) is 7.06. The Labute approximate surface area is 103 Å². The topological polar surface area (TPSA) is 56.3 Å². The van der Waals surface area contributed by atoms with Crippen molar-refractivity contribution >= 4 is 5.82 Å². The maximum absolute atomic E-state index is 5.46. The van der Waals surface area contributed by atoms with Crippen molar-refractivity contribution in [3.63, 3.8) is 0 Å². The number of nitrogens with zero attached hydrogens (tertiary/aromatic N) is 2. The van der Waals surface area contributed by atoms with Gasteiger partial charge in [0.15, 0.2) is 0 Å². The molecule has 0 aromatic carbocycles. The van der Waals surface area contributed by atoms with Gasteiger partial charge in [-0.2, -0.15) is 0 Å². The molecule has 0 unspecified atom stereocenters. The van der Waals surface area contributed by atoms with Gasteiger partial charge in [0.05, 0.1) is 6.61 Å². The van der Waals surface area contributed by atoms with Crippen molar-refractivity contribution in [2.24, 2.45) is 0 Å². The summed E-state index contributed by atoms with van der Waals surface area (Å²) in [5.41, 5.74) is 0. The second-order valence-electron chi connectivity index (χ2n) is 3.59. The zero-order chi connectivity index (χ0) is 12.3. The first kappa shape index (κ1) is 13.7. The van der Waals surface area contributed by atoms with Crippen molar-refractivity contribution in [1.29, 1.82) is 0 Å². The number of nitrogens with one attached hydrogen (secondary N) is 1. The second kappa shape index (κ2) is 8.75. The standard InChI is InChI=1S/C12H21N3O2/c1-3-5-6-16-7-8-17-12-9-11(13-4-2)14-10-15-12/h9-10H,3-8H2,1-2H3,(H,13,14,15). The Hall–Kier alpha value is -1.36. The molecule has 0 aliphatic rings. The minimum Gasteiger partial charge on any atom is -0.475 e. The summed E-state index contributed by atoms with van der Waals surface area (Å²) in [6.07, 6.45) is 3.74. The monoisotopic (exact) mass is 239 g/mol. The molecule has 0 amide bonds. The van der Waals surface area contributed by atoms with Crippen LogP contribution in [0.1, 0.15) is 26.7 Å². The summed E-state index contributed by atoms with van der Waals surface area (Å²) >= 11 is 0. The highest BCUT2D eigenvalue weighted by Crippen LogP contribution is 2.10. The van der Waals surface area contributed by atoms with Crippen molar-refractivity contribution in [3.8, 4) is 5.88 Å². The molecule has 0 aliphatic carbocycles. The molecule has 1 heterocycles. The summed E-state index contributed by atoms with van der Waals surface area (Å²) in [5.74, 6) is 1.36. The summed E-state index contributed by atoms with van der Waals surface area (Å²) in [6, 6.07) is 1.79. The van der Waals surface area contributed by atoms with E-state index in [2.05, 4.69) is 22.2 Å². The van der Waals surface area contributed by atoms with E-state index in [0.29, 0.717) is 19.1 Å². The van der Waals surface area contributed by atoms with Crippen LogP contribution in [0.4, 0.5) is 5.82 Å². The summed E-state index contributed by atoms with van der Waals surface area (Å²) < 4.78 is 10.8. The molecule has 1 aromatic rings. The molecule has 0 radical (unpaired) electrons. The van der Waals surface area contributed by atoms with Crippen molar-refractivity contribution < 1.29 is 9.47 Å². The molecular formula is C12H21N3O2. The Morgan fingerprint density at radius 1 is 1.18 bits per heavy atom. The highest BCUT2D eigenvalue weighted by molar-refractivity contribution is 5.36. The largest absolute Gasteiger partial charge is 0.475 e. The maximum Gasteiger partial charge on any atom is 0.218 e. The van der Waals surface area contributed by atoms with Gasteiger partial charge in [-0.05, 0) is 13.3 Å². The number of rotatable bonds is 9. The molecule has 0 aliphatic heterocycles. The van der Waals surface area contributed by atoms with E-state index in [-0.39, 0.29) is 0 Å². The van der Waals surface area contributed by atoms with Gasteiger partial charge in [-0.25, -0.2) is 9.97 Å². The SMILES string of the molecule is CCCCOCCOc1cc(NCC)ncn1. The number of hydrogen-bond donors (Lipinski definition) is 1. The third-order valence-electron chi connectivity index (χ3n) is 2.12. The lowest BCUT2D eigenvalue weighted by Gasteiger charge is -2.07. The molecule has 5 heteroatoms. The van der Waals surface area contributed by atoms with E-state index >= 15 is 0 Å². The van der Waals surface area contributed by atoms with Gasteiger partial charge < -0.3 is 14.8 Å². The first-order valence-corrected chi connectivity index (χ1v) is 6.13. The van der Waals surface area contributed by atoms with Crippen LogP contribution in [0.25, 0.3) is 0 Å². The highest BCUT2D eigenvalue weighted by atomic mass is 16.5. The second-order valence-corrected chi connectivity index (χ2v) is 3.59. The number of aromatic nitrogens is 2. The van der Waals surface area contributed by atoms with Gasteiger partial charge in [0.25, 0.3) is 0 Å². The van der Waals surface area contributed by atoms with Crippen LogP contribution in [0.5, 0.6) is 5.88 Å². The summed E-state index contributed by atoms with van der Waals surface area (Å²) in [5, 5.41) is 3.10. The lowest BCUT2D eigenvalue weighted by molar-refractivity contribution is 0.0965. The fourth-order valence-electron chi connectivity index (χ4n) is 1.25. The lowest BCUT2D eigenvalue weighted by Crippen LogP contribution is -2.09. The predicted octanol–water partition coefficient (Wildman–Crippen LogP) is 2.10. The van der Waals surface area contributed by atoms with E-state index in [0.717, 1.165) is 31.8 Å². The Balaban J connectivity index is 2.19. The lowest BCUT2D eigenvalue weighted by atomic mass is 10.4. The molecule has 96 valence electrons. The maximum atomic E-state index is 5.46. The molecule has 0 spiro atoms. The van der Waals surface area contributed by atoms with Crippen LogP contribution in [0.15, 0.2) is 12.4 Å². The third kappa shape index (κ3) is 6.06. The van der Waals surface area contributed by atoms with Crippen LogP contribution >= 0.6 is 0 Å². The molecule has 0 bridgehead atoms. The van der Waals surface area contributed by atoms with Crippen LogP contribution in [0.2, 0.25) is 0 Å². The van der Waals surface area contributed by atoms with Gasteiger partial charge in [-0.1, -0.05) is 13.3 Å². The molecule has 0 saturated carbocycles. The number of hydrogen-bond acceptors (Lipinski definition) is 5. The minimum atomic E-state index is 0.520. The zero-order valence-corrected chi connectivity index (χ0v) is 10.6. The molecular weight excluding hydrogens is 218 g/mol. The molecule has 1 rings (SSSR count). The average Bonchev–Trinajstić information content (AvgIpc) is 2.35. The van der Waals surface area contributed by atoms with Crippen molar-refractivity contribution in [3.05, 3.63) is 12.4 Å². The number of ether oxygens (including phenoxy) is 2. The number of anilines is 1. The van der Waals surface area contributed by atoms with Crippen molar-refractivity contribution in [1.82, 2.24) is 9.97 Å². The summed E-state index contributed by atoms with van der Waals surface area (Å²) in [6.45, 7) is 6.91. The van der Waals surface area contributed by atoms with Crippen molar-refractivity contribution in [2.75, 3.05) is 31.7 Å². The van der Waals surface area contributed by atoms with Gasteiger partial charge in [0.1, 0.15) is 18.8 Å². The summed E-state index contributed by atoms with van der Waals surface area (Å²) in [7, 11) is 0. The van der Waals surface area contributed by atoms with E-state index in [9.17, 15) is 0 Å². The third-order valence-corrected chi connectivity index (χ3v) is 2.12. The van der Waals surface area contributed by atoms with E-state index in [1.165, 1.54) is 6.33 Å². The van der Waals surface area contributed by atoms with E-state index in [4.69, 9.17) is 9.47 Å². The quantitative estimate of drug-likeness (QED) is 0.669. The first-order chi connectivity index (χ1) is 8.36. The molecule has 17 heavy (non-hydrogen) atoms. The van der Waals surface area contributed by atoms with Crippen LogP contribution < -0.4 is 10.1 Å². The fourth-order valence-corrected chi connectivity index (χ4v) is 1.25. The minimum absolute atomic E-state index is 0.520. The van der Waals surface area contributed by atoms with Gasteiger partial charge in [-0.15, -0.1) is 0 Å². The average molecular weight is 239 g/mol. The Bertz CT molecular complexity index is 308. The number of unbranched alkanes of at least 4 members (excludes halogenated alkanes) is 1. The summed E-state index contributed by atoms with van der Waals surface area (Å²) in [4.78, 5) is 8.09. The van der Waals surface area contributed by atoms with Gasteiger partial charge in [-0.3, -0.25) is 0 Å². The van der Waals surface area contributed by atoms with Crippen LogP contribution in [0, 0.1) is 0 Å². The smallest absolute Gasteiger partial charge is 0.218 e. The van der Waals surface area contributed by atoms with Crippen molar-refractivity contribution in [2.45, 2.75) is 26.7 Å². The Morgan fingerprint density at radius 2 is 2.06 bits per heavy atom. The fraction of sp³-hybridized carbons (Fsp3) is 0.667. The molecule has 0 saturated heterocycles. The highest BCUT2D eigenvalue weighted by Gasteiger charge is 1.98. The van der Waals surface area contributed by atoms with Gasteiger partial charge in [0.2, 0.25) is 5.88 Å². The van der Waals surface area contributed by atoms with Crippen LogP contribution in [-0.4, -0.2) is 36.3 Å². The molecule has 0 atom stereocenters. The predicted molar refractivity (Wildman–Crippen MR) is 67.4 cm³/mol. The zero-order valence-electron chi connectivity index (χ0n) is 10.6. The Morgan fingerprint density at radius 3 is 2.82 bits per heavy atom.